The van der Waals surface area contributed by atoms with Crippen molar-refractivity contribution < 1.29 is 4.79 Å². The van der Waals surface area contributed by atoms with Crippen LogP contribution in [0.4, 0.5) is 0 Å². The van der Waals surface area contributed by atoms with Crippen molar-refractivity contribution in [2.24, 2.45) is 5.73 Å². The van der Waals surface area contributed by atoms with E-state index in [1.165, 1.54) is 6.42 Å². The summed E-state index contributed by atoms with van der Waals surface area (Å²) in [5.74, 6) is -0.315. The van der Waals surface area contributed by atoms with Crippen molar-refractivity contribution in [3.63, 3.8) is 0 Å². The topological polar surface area (TPSA) is 48.0 Å². The zero-order chi connectivity index (χ0) is 12.5. The fourth-order valence-electron chi connectivity index (χ4n) is 2.75. The molecule has 0 fully saturated rings. The molecule has 0 bridgehead atoms. The van der Waals surface area contributed by atoms with Crippen LogP contribution in [0.1, 0.15) is 28.9 Å². The Labute approximate surface area is 106 Å². The lowest BCUT2D eigenvalue weighted by Crippen LogP contribution is -2.17. The van der Waals surface area contributed by atoms with Gasteiger partial charge in [-0.3, -0.25) is 4.79 Å². The predicted octanol–water partition coefficient (Wildman–Crippen LogP) is 2.59. The number of carbonyl (C=O) groups is 1. The van der Waals surface area contributed by atoms with Crippen molar-refractivity contribution in [3.8, 4) is 11.1 Å². The molecule has 1 aliphatic heterocycles. The molecular formula is C15H16N2O. The highest BCUT2D eigenvalue weighted by molar-refractivity contribution is 6.01. The van der Waals surface area contributed by atoms with Crippen LogP contribution in [-0.4, -0.2) is 10.5 Å². The molecule has 92 valence electrons. The summed E-state index contributed by atoms with van der Waals surface area (Å²) in [6, 6.07) is 9.98. The summed E-state index contributed by atoms with van der Waals surface area (Å²) in [7, 11) is 0. The quantitative estimate of drug-likeness (QED) is 0.861. The van der Waals surface area contributed by atoms with Gasteiger partial charge in [0.15, 0.2) is 0 Å². The fourth-order valence-corrected chi connectivity index (χ4v) is 2.75. The Kier molecular flexibility index (Phi) is 2.67. The van der Waals surface area contributed by atoms with Crippen molar-refractivity contribution in [2.45, 2.75) is 25.8 Å². The number of fused-ring (bicyclic) bond motifs is 1. The van der Waals surface area contributed by atoms with Crippen molar-refractivity contribution in [2.75, 3.05) is 0 Å². The van der Waals surface area contributed by atoms with E-state index >= 15 is 0 Å². The van der Waals surface area contributed by atoms with Crippen LogP contribution in [0.15, 0.2) is 36.5 Å². The summed E-state index contributed by atoms with van der Waals surface area (Å²) < 4.78 is 2.19. The molecule has 0 aliphatic carbocycles. The predicted molar refractivity (Wildman–Crippen MR) is 71.3 cm³/mol. The first-order valence-corrected chi connectivity index (χ1v) is 6.34. The van der Waals surface area contributed by atoms with Gasteiger partial charge in [-0.2, -0.15) is 0 Å². The van der Waals surface area contributed by atoms with Crippen LogP contribution in [0.25, 0.3) is 11.1 Å². The zero-order valence-corrected chi connectivity index (χ0v) is 10.2. The molecule has 2 N–H and O–H groups in total. The monoisotopic (exact) mass is 240 g/mol. The van der Waals surface area contributed by atoms with E-state index in [1.54, 1.807) is 0 Å². The number of nitrogens with two attached hydrogens (primary N) is 1. The van der Waals surface area contributed by atoms with Gasteiger partial charge >= 0.3 is 0 Å². The Hall–Kier alpha value is -2.03. The SMILES string of the molecule is NC(=O)c1c(-c2ccccc2)cn2c1CCCC2. The van der Waals surface area contributed by atoms with E-state index in [1.807, 2.05) is 30.3 Å². The van der Waals surface area contributed by atoms with Crippen LogP contribution in [0.2, 0.25) is 0 Å². The number of rotatable bonds is 2. The van der Waals surface area contributed by atoms with Crippen molar-refractivity contribution >= 4 is 5.91 Å². The molecule has 18 heavy (non-hydrogen) atoms. The van der Waals surface area contributed by atoms with Crippen molar-refractivity contribution in [1.82, 2.24) is 4.57 Å². The molecule has 1 amide bonds. The molecule has 1 aromatic carbocycles. The largest absolute Gasteiger partial charge is 0.366 e. The van der Waals surface area contributed by atoms with E-state index in [0.717, 1.165) is 36.2 Å². The van der Waals surface area contributed by atoms with Gasteiger partial charge in [0, 0.05) is 24.0 Å². The molecule has 0 radical (unpaired) electrons. The van der Waals surface area contributed by atoms with Crippen LogP contribution in [0, 0.1) is 0 Å². The number of amides is 1. The summed E-state index contributed by atoms with van der Waals surface area (Å²) in [6.07, 6.45) is 5.33. The van der Waals surface area contributed by atoms with E-state index in [2.05, 4.69) is 10.8 Å². The third-order valence-electron chi connectivity index (χ3n) is 3.58. The third kappa shape index (κ3) is 1.72. The lowest BCUT2D eigenvalue weighted by atomic mass is 10.00. The summed E-state index contributed by atoms with van der Waals surface area (Å²) in [4.78, 5) is 11.7. The standard InChI is InChI=1S/C15H16N2O/c16-15(18)14-12(11-6-2-1-3-7-11)10-17-9-5-4-8-13(14)17/h1-3,6-7,10H,4-5,8-9H2,(H2,16,18). The Morgan fingerprint density at radius 3 is 2.67 bits per heavy atom. The third-order valence-corrected chi connectivity index (χ3v) is 3.58. The molecule has 3 rings (SSSR count). The maximum Gasteiger partial charge on any atom is 0.251 e. The fraction of sp³-hybridized carbons (Fsp3) is 0.267. The molecule has 0 saturated carbocycles. The highest BCUT2D eigenvalue weighted by atomic mass is 16.1. The van der Waals surface area contributed by atoms with E-state index in [4.69, 9.17) is 5.73 Å². The van der Waals surface area contributed by atoms with Gasteiger partial charge in [-0.15, -0.1) is 0 Å². The molecule has 1 aromatic heterocycles. The smallest absolute Gasteiger partial charge is 0.251 e. The highest BCUT2D eigenvalue weighted by Gasteiger charge is 2.22. The molecule has 0 atom stereocenters. The minimum Gasteiger partial charge on any atom is -0.366 e. The van der Waals surface area contributed by atoms with Gasteiger partial charge in [0.25, 0.3) is 5.91 Å². The second-order valence-electron chi connectivity index (χ2n) is 4.75. The Bertz CT molecular complexity index is 584. The Morgan fingerprint density at radius 2 is 1.94 bits per heavy atom. The van der Waals surface area contributed by atoms with E-state index in [0.29, 0.717) is 5.56 Å². The van der Waals surface area contributed by atoms with Gasteiger partial charge in [-0.25, -0.2) is 0 Å². The molecule has 1 aliphatic rings. The van der Waals surface area contributed by atoms with Crippen LogP contribution in [0.5, 0.6) is 0 Å². The zero-order valence-electron chi connectivity index (χ0n) is 10.2. The maximum absolute atomic E-state index is 11.7. The van der Waals surface area contributed by atoms with Gasteiger partial charge in [-0.05, 0) is 24.8 Å². The normalized spacial score (nSPS) is 14.2. The minimum absolute atomic E-state index is 0.315. The molecule has 0 saturated heterocycles. The molecule has 3 nitrogen and oxygen atoms in total. The second kappa shape index (κ2) is 4.33. The van der Waals surface area contributed by atoms with Gasteiger partial charge < -0.3 is 10.3 Å². The summed E-state index contributed by atoms with van der Waals surface area (Å²) in [5, 5.41) is 0. The lowest BCUT2D eigenvalue weighted by molar-refractivity contribution is 0.0999. The number of benzene rings is 1. The molecule has 3 heteroatoms. The van der Waals surface area contributed by atoms with Crippen molar-refractivity contribution in [1.29, 1.82) is 0 Å². The van der Waals surface area contributed by atoms with Crippen LogP contribution < -0.4 is 5.73 Å². The summed E-state index contributed by atoms with van der Waals surface area (Å²) >= 11 is 0. The van der Waals surface area contributed by atoms with Crippen LogP contribution >= 0.6 is 0 Å². The van der Waals surface area contributed by atoms with E-state index < -0.39 is 0 Å². The number of aromatic nitrogens is 1. The first-order valence-electron chi connectivity index (χ1n) is 6.34. The number of primary amides is 1. The minimum atomic E-state index is -0.315. The number of hydrogen-bond acceptors (Lipinski definition) is 1. The summed E-state index contributed by atoms with van der Waals surface area (Å²) in [6.45, 7) is 0.989. The molecule has 2 heterocycles. The van der Waals surface area contributed by atoms with E-state index in [-0.39, 0.29) is 5.91 Å². The van der Waals surface area contributed by atoms with E-state index in [9.17, 15) is 4.79 Å². The van der Waals surface area contributed by atoms with Gasteiger partial charge in [-0.1, -0.05) is 30.3 Å². The van der Waals surface area contributed by atoms with Gasteiger partial charge in [0.05, 0.1) is 5.56 Å². The maximum atomic E-state index is 11.7. The first-order chi connectivity index (χ1) is 8.77. The molecular weight excluding hydrogens is 224 g/mol. The first kappa shape index (κ1) is 11.1. The van der Waals surface area contributed by atoms with Gasteiger partial charge in [0.2, 0.25) is 0 Å². The summed E-state index contributed by atoms with van der Waals surface area (Å²) in [5.41, 5.74) is 9.42. The van der Waals surface area contributed by atoms with Crippen LogP contribution in [0.3, 0.4) is 0 Å². The Balaban J connectivity index is 2.20. The van der Waals surface area contributed by atoms with Crippen LogP contribution in [-0.2, 0) is 13.0 Å². The molecule has 0 spiro atoms. The number of carbonyl (C=O) groups excluding carboxylic acids is 1. The highest BCUT2D eigenvalue weighted by Crippen LogP contribution is 2.31. The Morgan fingerprint density at radius 1 is 1.17 bits per heavy atom. The second-order valence-corrected chi connectivity index (χ2v) is 4.75. The average Bonchev–Trinajstić information content (AvgIpc) is 2.79. The van der Waals surface area contributed by atoms with Crippen molar-refractivity contribution in [3.05, 3.63) is 47.8 Å². The van der Waals surface area contributed by atoms with Gasteiger partial charge in [0.1, 0.15) is 0 Å². The lowest BCUT2D eigenvalue weighted by Gasteiger charge is -2.15. The number of hydrogen-bond donors (Lipinski definition) is 1. The average molecular weight is 240 g/mol. The molecule has 0 unspecified atom stereocenters. The number of nitrogens with zero attached hydrogens (tertiary/aromatic N) is 1. The number of aryl methyl sites for hydroxylation is 1. The molecule has 2 aromatic rings.